The Labute approximate surface area is 223 Å². The molecule has 5 aromatic rings. The molecular weight excluding hydrogens is 522 g/mol. The number of pyridine rings is 1. The van der Waals surface area contributed by atoms with Crippen LogP contribution in [0.4, 0.5) is 10.5 Å². The summed E-state index contributed by atoms with van der Waals surface area (Å²) in [6, 6.07) is 24.1. The van der Waals surface area contributed by atoms with Crippen LogP contribution in [-0.4, -0.2) is 41.6 Å². The van der Waals surface area contributed by atoms with Crippen LogP contribution in [0.1, 0.15) is 5.56 Å². The Morgan fingerprint density at radius 3 is 2.28 bits per heavy atom. The molecule has 5 rings (SSSR count). The van der Waals surface area contributed by atoms with Gasteiger partial charge in [0.1, 0.15) is 11.4 Å². The first-order valence-corrected chi connectivity index (χ1v) is 13.1. The molecule has 3 aromatic carbocycles. The molecular formula is C27H23N5O6S. The van der Waals surface area contributed by atoms with Crippen LogP contribution in [0.2, 0.25) is 0 Å². The van der Waals surface area contributed by atoms with Crippen LogP contribution in [0.3, 0.4) is 0 Å². The molecule has 0 aliphatic carbocycles. The van der Waals surface area contributed by atoms with Crippen molar-refractivity contribution in [2.45, 2.75) is 11.4 Å². The summed E-state index contributed by atoms with van der Waals surface area (Å²) in [7, 11) is -2.77. The molecule has 0 fully saturated rings. The second-order valence-corrected chi connectivity index (χ2v) is 10.1. The van der Waals surface area contributed by atoms with E-state index in [1.807, 2.05) is 36.4 Å². The number of ether oxygens (including phenoxy) is 2. The average molecular weight is 546 g/mol. The maximum atomic E-state index is 14.2. The fraction of sp³-hybridized carbons (Fsp3) is 0.0741. The number of hydrogen-bond acceptors (Lipinski definition) is 8. The molecule has 198 valence electrons. The van der Waals surface area contributed by atoms with Crippen molar-refractivity contribution in [3.63, 3.8) is 0 Å². The maximum absolute atomic E-state index is 14.2. The molecule has 0 saturated heterocycles. The number of fused-ring (bicyclic) bond motifs is 1. The molecule has 11 nitrogen and oxygen atoms in total. The molecule has 0 atom stereocenters. The molecule has 2 heterocycles. The van der Waals surface area contributed by atoms with E-state index in [0.29, 0.717) is 28.0 Å². The molecule has 39 heavy (non-hydrogen) atoms. The average Bonchev–Trinajstić information content (AvgIpc) is 3.41. The smallest absolute Gasteiger partial charge is 0.436 e. The van der Waals surface area contributed by atoms with Crippen molar-refractivity contribution in [1.82, 2.24) is 20.2 Å². The lowest BCUT2D eigenvalue weighted by Crippen LogP contribution is -2.32. The third-order valence-corrected chi connectivity index (χ3v) is 7.66. The van der Waals surface area contributed by atoms with Gasteiger partial charge in [-0.05, 0) is 42.0 Å². The molecule has 0 radical (unpaired) electrons. The number of anilines is 1. The van der Waals surface area contributed by atoms with Gasteiger partial charge in [-0.15, -0.1) is 0 Å². The van der Waals surface area contributed by atoms with Crippen LogP contribution in [-0.2, 0) is 16.6 Å². The van der Waals surface area contributed by atoms with Crippen molar-refractivity contribution in [2.75, 3.05) is 11.4 Å². The summed E-state index contributed by atoms with van der Waals surface area (Å²) in [4.78, 5) is 16.4. The highest BCUT2D eigenvalue weighted by atomic mass is 32.2. The van der Waals surface area contributed by atoms with E-state index >= 15 is 0 Å². The van der Waals surface area contributed by atoms with Crippen molar-refractivity contribution in [3.05, 3.63) is 103 Å². The number of rotatable bonds is 8. The van der Waals surface area contributed by atoms with Crippen molar-refractivity contribution < 1.29 is 27.9 Å². The van der Waals surface area contributed by atoms with Gasteiger partial charge in [0.05, 0.1) is 42.0 Å². The van der Waals surface area contributed by atoms with Gasteiger partial charge in [0, 0.05) is 0 Å². The van der Waals surface area contributed by atoms with E-state index in [4.69, 9.17) is 14.7 Å². The predicted octanol–water partition coefficient (Wildman–Crippen LogP) is 4.30. The Morgan fingerprint density at radius 1 is 0.974 bits per heavy atom. The first kappa shape index (κ1) is 25.7. The van der Waals surface area contributed by atoms with E-state index in [2.05, 4.69) is 10.1 Å². The van der Waals surface area contributed by atoms with Crippen LogP contribution in [0.25, 0.3) is 16.7 Å². The molecule has 12 heteroatoms. The molecule has 0 unspecified atom stereocenters. The summed E-state index contributed by atoms with van der Waals surface area (Å²) in [5, 5.41) is 13.9. The van der Waals surface area contributed by atoms with Gasteiger partial charge in [0.15, 0.2) is 11.4 Å². The number of sulfonamides is 1. The molecule has 0 bridgehead atoms. The minimum Gasteiger partial charge on any atom is -0.497 e. The molecule has 0 aliphatic heterocycles. The van der Waals surface area contributed by atoms with Gasteiger partial charge in [0.25, 0.3) is 10.0 Å². The number of hydroxylamine groups is 1. The number of hydrogen-bond donors (Lipinski definition) is 2. The van der Waals surface area contributed by atoms with E-state index in [9.17, 15) is 13.2 Å². The SMILES string of the molecule is COc1ccc(S(=O)(=O)N(Cc2ccccc2)c2c(OC(=O)NO)cnc3c2cnn3-c2ccccc2)cc1. The summed E-state index contributed by atoms with van der Waals surface area (Å²) in [6.45, 7) is -0.109. The number of carbonyl (C=O) groups excluding carboxylic acids is 1. The summed E-state index contributed by atoms with van der Waals surface area (Å²) >= 11 is 0. The summed E-state index contributed by atoms with van der Waals surface area (Å²) in [6.07, 6.45) is 1.46. The molecule has 0 aliphatic rings. The van der Waals surface area contributed by atoms with Gasteiger partial charge in [-0.1, -0.05) is 48.5 Å². The van der Waals surface area contributed by atoms with E-state index < -0.39 is 16.1 Å². The largest absolute Gasteiger partial charge is 0.497 e. The molecule has 0 spiro atoms. The van der Waals surface area contributed by atoms with Crippen LogP contribution < -0.4 is 19.3 Å². The van der Waals surface area contributed by atoms with Gasteiger partial charge in [-0.2, -0.15) is 5.10 Å². The molecule has 2 N–H and O–H groups in total. The Balaban J connectivity index is 1.76. The van der Waals surface area contributed by atoms with Gasteiger partial charge in [0.2, 0.25) is 0 Å². The zero-order valence-corrected chi connectivity index (χ0v) is 21.4. The first-order valence-electron chi connectivity index (χ1n) is 11.7. The van der Waals surface area contributed by atoms with E-state index in [0.717, 1.165) is 4.31 Å². The summed E-state index contributed by atoms with van der Waals surface area (Å²) < 4.78 is 41.5. The third kappa shape index (κ3) is 5.10. The first-order chi connectivity index (χ1) is 18.9. The Bertz CT molecular complexity index is 1710. The Hall–Kier alpha value is -4.94. The standard InChI is InChI=1S/C27H23N5O6S/c1-37-21-12-14-22(15-13-21)39(35,36)31(18-19-8-4-2-5-9-19)25-23-16-29-32(20-10-6-3-7-11-20)26(23)28-17-24(25)38-27(33)30-34/h2-17,34H,18H2,1H3,(H,30,33). The lowest BCUT2D eigenvalue weighted by Gasteiger charge is -2.27. The van der Waals surface area contributed by atoms with Gasteiger partial charge in [-0.25, -0.2) is 28.4 Å². The lowest BCUT2D eigenvalue weighted by atomic mass is 10.2. The van der Waals surface area contributed by atoms with Crippen molar-refractivity contribution >= 4 is 32.8 Å². The number of nitrogens with zero attached hydrogens (tertiary/aromatic N) is 4. The van der Waals surface area contributed by atoms with Crippen LogP contribution in [0.5, 0.6) is 11.5 Å². The number of para-hydroxylation sites is 1. The Morgan fingerprint density at radius 2 is 1.64 bits per heavy atom. The highest BCUT2D eigenvalue weighted by molar-refractivity contribution is 7.92. The number of methoxy groups -OCH3 is 1. The zero-order chi connectivity index (χ0) is 27.4. The Kier molecular flexibility index (Phi) is 7.12. The van der Waals surface area contributed by atoms with Crippen molar-refractivity contribution in [2.24, 2.45) is 0 Å². The monoisotopic (exact) mass is 545 g/mol. The van der Waals surface area contributed by atoms with Gasteiger partial charge < -0.3 is 9.47 Å². The van der Waals surface area contributed by atoms with Gasteiger partial charge in [-0.3, -0.25) is 9.51 Å². The number of amides is 1. The van der Waals surface area contributed by atoms with E-state index in [-0.39, 0.29) is 22.9 Å². The molecule has 0 saturated carbocycles. The highest BCUT2D eigenvalue weighted by Gasteiger charge is 2.32. The quantitative estimate of drug-likeness (QED) is 0.218. The zero-order valence-electron chi connectivity index (χ0n) is 20.6. The number of benzene rings is 3. The lowest BCUT2D eigenvalue weighted by molar-refractivity contribution is 0.127. The van der Waals surface area contributed by atoms with Crippen LogP contribution in [0, 0.1) is 0 Å². The van der Waals surface area contributed by atoms with Crippen LogP contribution in [0.15, 0.2) is 102 Å². The third-order valence-electron chi connectivity index (χ3n) is 5.90. The molecule has 1 amide bonds. The fourth-order valence-electron chi connectivity index (χ4n) is 4.07. The summed E-state index contributed by atoms with van der Waals surface area (Å²) in [5.74, 6) is 0.289. The second kappa shape index (κ2) is 10.8. The predicted molar refractivity (Wildman–Crippen MR) is 143 cm³/mol. The van der Waals surface area contributed by atoms with Crippen LogP contribution >= 0.6 is 0 Å². The fourth-order valence-corrected chi connectivity index (χ4v) is 5.55. The van der Waals surface area contributed by atoms with E-state index in [1.165, 1.54) is 37.1 Å². The van der Waals surface area contributed by atoms with Crippen molar-refractivity contribution in [3.8, 4) is 17.2 Å². The number of carbonyl (C=O) groups is 1. The number of aromatic nitrogens is 3. The number of nitrogens with one attached hydrogen (secondary N) is 1. The van der Waals surface area contributed by atoms with Gasteiger partial charge >= 0.3 is 6.09 Å². The second-order valence-electron chi connectivity index (χ2n) is 8.27. The highest BCUT2D eigenvalue weighted by Crippen LogP contribution is 2.40. The minimum absolute atomic E-state index is 0.0165. The van der Waals surface area contributed by atoms with E-state index in [1.54, 1.807) is 41.1 Å². The maximum Gasteiger partial charge on any atom is 0.436 e. The topological polar surface area (TPSA) is 136 Å². The minimum atomic E-state index is -4.25. The molecule has 2 aromatic heterocycles. The summed E-state index contributed by atoms with van der Waals surface area (Å²) in [5.41, 5.74) is 3.12. The normalized spacial score (nSPS) is 11.2. The van der Waals surface area contributed by atoms with Crippen molar-refractivity contribution in [1.29, 1.82) is 0 Å².